The lowest BCUT2D eigenvalue weighted by Crippen LogP contribution is -2.42. The number of rotatable bonds is 5. The average molecular weight is 406 g/mol. The van der Waals surface area contributed by atoms with Gasteiger partial charge in [-0.15, -0.1) is 0 Å². The van der Waals surface area contributed by atoms with Crippen molar-refractivity contribution < 1.29 is 19.6 Å². The minimum atomic E-state index is -0.935. The normalized spacial score (nSPS) is 17.2. The smallest absolute Gasteiger partial charge is 0.311 e. The standard InChI is InChI=1S/C13H15IN2O5/c14-9-1-2-10(11(7-9)16(19)20)15-8-13(12(17)18)3-5-21-6-4-13/h1-2,7,15H,3-6,8H2,(H,17,18). The number of carboxylic acids is 1. The number of carbonyl (C=O) groups is 1. The molecule has 1 heterocycles. The van der Waals surface area contributed by atoms with Gasteiger partial charge >= 0.3 is 5.97 Å². The summed E-state index contributed by atoms with van der Waals surface area (Å²) in [7, 11) is 0. The van der Waals surface area contributed by atoms with Crippen LogP contribution in [0.5, 0.6) is 0 Å². The molecule has 0 aliphatic carbocycles. The Labute approximate surface area is 135 Å². The van der Waals surface area contributed by atoms with Crippen LogP contribution in [0, 0.1) is 19.1 Å². The van der Waals surface area contributed by atoms with E-state index in [9.17, 15) is 20.0 Å². The molecule has 1 aromatic carbocycles. The van der Waals surface area contributed by atoms with Crippen LogP contribution in [0.3, 0.4) is 0 Å². The molecule has 1 aliphatic rings. The first-order valence-electron chi connectivity index (χ1n) is 6.44. The molecule has 7 nitrogen and oxygen atoms in total. The quantitative estimate of drug-likeness (QED) is 0.443. The SMILES string of the molecule is O=C(O)C1(CNc2ccc(I)cc2[N+](=O)[O-])CCOCC1. The number of hydrogen-bond acceptors (Lipinski definition) is 5. The summed E-state index contributed by atoms with van der Waals surface area (Å²) in [5.41, 5.74) is -0.642. The zero-order chi connectivity index (χ0) is 15.5. The van der Waals surface area contributed by atoms with Gasteiger partial charge in [0.25, 0.3) is 5.69 Å². The van der Waals surface area contributed by atoms with E-state index in [2.05, 4.69) is 5.32 Å². The van der Waals surface area contributed by atoms with E-state index in [0.29, 0.717) is 31.7 Å². The lowest BCUT2D eigenvalue weighted by Gasteiger charge is -2.33. The van der Waals surface area contributed by atoms with Crippen molar-refractivity contribution in [2.75, 3.05) is 25.1 Å². The Morgan fingerprint density at radius 2 is 2.14 bits per heavy atom. The van der Waals surface area contributed by atoms with Crippen molar-refractivity contribution >= 4 is 39.9 Å². The topological polar surface area (TPSA) is 102 Å². The first kappa shape index (κ1) is 16.0. The molecule has 0 saturated carbocycles. The van der Waals surface area contributed by atoms with Crippen molar-refractivity contribution in [1.29, 1.82) is 0 Å². The molecule has 1 aromatic rings. The van der Waals surface area contributed by atoms with Crippen LogP contribution in [0.4, 0.5) is 11.4 Å². The van der Waals surface area contributed by atoms with Crippen molar-refractivity contribution in [2.24, 2.45) is 5.41 Å². The molecule has 0 amide bonds. The first-order chi connectivity index (χ1) is 9.94. The molecular weight excluding hydrogens is 391 g/mol. The maximum atomic E-state index is 11.5. The molecule has 1 aliphatic heterocycles. The third-order valence-electron chi connectivity index (χ3n) is 3.68. The number of nitro groups is 1. The Balaban J connectivity index is 2.18. The van der Waals surface area contributed by atoms with Gasteiger partial charge in [0.15, 0.2) is 0 Å². The summed E-state index contributed by atoms with van der Waals surface area (Å²) >= 11 is 2.00. The van der Waals surface area contributed by atoms with Crippen molar-refractivity contribution in [3.8, 4) is 0 Å². The zero-order valence-corrected chi connectivity index (χ0v) is 13.3. The van der Waals surface area contributed by atoms with Gasteiger partial charge in [-0.1, -0.05) is 0 Å². The summed E-state index contributed by atoms with van der Waals surface area (Å²) in [4.78, 5) is 22.1. The second-order valence-electron chi connectivity index (χ2n) is 4.97. The molecule has 0 aromatic heterocycles. The van der Waals surface area contributed by atoms with Gasteiger partial charge in [-0.2, -0.15) is 0 Å². The number of anilines is 1. The second kappa shape index (κ2) is 6.56. The summed E-state index contributed by atoms with van der Waals surface area (Å²) in [6, 6.07) is 4.81. The monoisotopic (exact) mass is 406 g/mol. The van der Waals surface area contributed by atoms with Crippen molar-refractivity contribution in [2.45, 2.75) is 12.8 Å². The molecule has 114 valence electrons. The fourth-order valence-corrected chi connectivity index (χ4v) is 2.77. The van der Waals surface area contributed by atoms with Gasteiger partial charge in [-0.05, 0) is 47.6 Å². The molecule has 0 spiro atoms. The van der Waals surface area contributed by atoms with Crippen LogP contribution < -0.4 is 5.32 Å². The number of ether oxygens (including phenoxy) is 1. The van der Waals surface area contributed by atoms with Gasteiger partial charge in [0.05, 0.1) is 10.3 Å². The highest BCUT2D eigenvalue weighted by Crippen LogP contribution is 2.33. The van der Waals surface area contributed by atoms with E-state index in [4.69, 9.17) is 4.74 Å². The van der Waals surface area contributed by atoms with Crippen molar-refractivity contribution in [3.05, 3.63) is 31.9 Å². The molecule has 0 atom stereocenters. The summed E-state index contributed by atoms with van der Waals surface area (Å²) in [5.74, 6) is -0.897. The Morgan fingerprint density at radius 1 is 1.48 bits per heavy atom. The van der Waals surface area contributed by atoms with E-state index in [1.54, 1.807) is 12.1 Å². The summed E-state index contributed by atoms with van der Waals surface area (Å²) < 4.78 is 5.96. The molecular formula is C13H15IN2O5. The van der Waals surface area contributed by atoms with Gasteiger partial charge in [0.2, 0.25) is 0 Å². The Bertz CT molecular complexity index is 557. The van der Waals surface area contributed by atoms with Crippen LogP contribution in [-0.2, 0) is 9.53 Å². The van der Waals surface area contributed by atoms with Crippen LogP contribution in [0.1, 0.15) is 12.8 Å². The highest BCUT2D eigenvalue weighted by atomic mass is 127. The van der Waals surface area contributed by atoms with E-state index >= 15 is 0 Å². The van der Waals surface area contributed by atoms with Gasteiger partial charge in [0.1, 0.15) is 5.69 Å². The second-order valence-corrected chi connectivity index (χ2v) is 6.22. The van der Waals surface area contributed by atoms with E-state index in [1.807, 2.05) is 22.6 Å². The Morgan fingerprint density at radius 3 is 2.71 bits per heavy atom. The average Bonchev–Trinajstić information content (AvgIpc) is 2.46. The minimum Gasteiger partial charge on any atom is -0.481 e. The number of carboxylic acid groups (broad SMARTS) is 1. The molecule has 1 fully saturated rings. The van der Waals surface area contributed by atoms with Crippen molar-refractivity contribution in [3.63, 3.8) is 0 Å². The number of halogens is 1. The molecule has 0 bridgehead atoms. The maximum Gasteiger partial charge on any atom is 0.311 e. The van der Waals surface area contributed by atoms with Crippen LogP contribution in [0.25, 0.3) is 0 Å². The lowest BCUT2D eigenvalue weighted by atomic mass is 9.80. The molecule has 0 unspecified atom stereocenters. The van der Waals surface area contributed by atoms with E-state index in [-0.39, 0.29) is 12.2 Å². The third-order valence-corrected chi connectivity index (χ3v) is 4.35. The number of nitrogens with one attached hydrogen (secondary N) is 1. The summed E-state index contributed by atoms with van der Waals surface area (Å²) in [5, 5.41) is 23.5. The highest BCUT2D eigenvalue weighted by molar-refractivity contribution is 14.1. The largest absolute Gasteiger partial charge is 0.481 e. The van der Waals surface area contributed by atoms with Crippen LogP contribution in [0.15, 0.2) is 18.2 Å². The number of aliphatic carboxylic acids is 1. The van der Waals surface area contributed by atoms with Crippen LogP contribution in [-0.4, -0.2) is 35.8 Å². The number of hydrogen-bond donors (Lipinski definition) is 2. The molecule has 21 heavy (non-hydrogen) atoms. The maximum absolute atomic E-state index is 11.5. The van der Waals surface area contributed by atoms with E-state index in [1.165, 1.54) is 6.07 Å². The van der Waals surface area contributed by atoms with Gasteiger partial charge < -0.3 is 15.2 Å². The van der Waals surface area contributed by atoms with Gasteiger partial charge in [0, 0.05) is 29.4 Å². The molecule has 0 radical (unpaired) electrons. The molecule has 8 heteroatoms. The number of nitro benzene ring substituents is 1. The lowest BCUT2D eigenvalue weighted by molar-refractivity contribution is -0.384. The number of benzene rings is 1. The highest BCUT2D eigenvalue weighted by Gasteiger charge is 2.40. The van der Waals surface area contributed by atoms with Gasteiger partial charge in [-0.3, -0.25) is 14.9 Å². The molecule has 2 N–H and O–H groups in total. The summed E-state index contributed by atoms with van der Waals surface area (Å²) in [6.07, 6.45) is 0.793. The molecule has 1 saturated heterocycles. The van der Waals surface area contributed by atoms with Gasteiger partial charge in [-0.25, -0.2) is 0 Å². The van der Waals surface area contributed by atoms with Crippen LogP contribution in [0.2, 0.25) is 0 Å². The Hall–Kier alpha value is -1.42. The van der Waals surface area contributed by atoms with E-state index < -0.39 is 16.3 Å². The molecule has 2 rings (SSSR count). The fourth-order valence-electron chi connectivity index (χ4n) is 2.30. The first-order valence-corrected chi connectivity index (χ1v) is 7.51. The summed E-state index contributed by atoms with van der Waals surface area (Å²) in [6.45, 7) is 0.929. The Kier molecular flexibility index (Phi) is 4.99. The van der Waals surface area contributed by atoms with E-state index in [0.717, 1.165) is 3.57 Å². The van der Waals surface area contributed by atoms with Crippen LogP contribution >= 0.6 is 22.6 Å². The third kappa shape index (κ3) is 3.62. The fraction of sp³-hybridized carbons (Fsp3) is 0.462. The van der Waals surface area contributed by atoms with Crippen molar-refractivity contribution in [1.82, 2.24) is 0 Å². The predicted molar refractivity (Wildman–Crippen MR) is 84.4 cm³/mol. The zero-order valence-electron chi connectivity index (χ0n) is 11.2. The number of nitrogens with zero attached hydrogens (tertiary/aromatic N) is 1. The predicted octanol–water partition coefficient (Wildman–Crippen LogP) is 2.49. The minimum absolute atomic E-state index is 0.0468.